The van der Waals surface area contributed by atoms with Gasteiger partial charge in [0.2, 0.25) is 0 Å². The average molecular weight is 311 g/mol. The second-order valence-electron chi connectivity index (χ2n) is 5.91. The van der Waals surface area contributed by atoms with Gasteiger partial charge in [0.05, 0.1) is 11.4 Å². The number of rotatable bonds is 2. The van der Waals surface area contributed by atoms with Gasteiger partial charge in [0, 0.05) is 5.41 Å². The lowest BCUT2D eigenvalue weighted by molar-refractivity contribution is 0.0694. The summed E-state index contributed by atoms with van der Waals surface area (Å²) in [6.45, 7) is 7.30. The van der Waals surface area contributed by atoms with E-state index in [2.05, 4.69) is 5.10 Å². The molecule has 2 rings (SSSR count). The maximum absolute atomic E-state index is 13.2. The second-order valence-corrected chi connectivity index (χ2v) is 6.27. The van der Waals surface area contributed by atoms with Crippen molar-refractivity contribution < 1.29 is 14.3 Å². The Bertz CT molecular complexity index is 717. The zero-order valence-corrected chi connectivity index (χ0v) is 13.0. The molecule has 0 aliphatic heterocycles. The molecule has 1 heterocycles. The number of nitrogens with zero attached hydrogens (tertiary/aromatic N) is 2. The third-order valence-corrected chi connectivity index (χ3v) is 3.49. The lowest BCUT2D eigenvalue weighted by atomic mass is 9.89. The molecule has 1 N–H and O–H groups in total. The standard InChI is InChI=1S/C15H16ClFN2O2/c1-8-7-9(17)5-6-10(8)19-13(16)11(14(20)21)12(18-19)15(2,3)4/h5-7H,1-4H3,(H,20,21). The van der Waals surface area contributed by atoms with Crippen LogP contribution in [-0.4, -0.2) is 20.9 Å². The summed E-state index contributed by atoms with van der Waals surface area (Å²) < 4.78 is 14.6. The number of hydrogen-bond donors (Lipinski definition) is 1. The van der Waals surface area contributed by atoms with Gasteiger partial charge in [0.15, 0.2) is 0 Å². The molecule has 4 nitrogen and oxygen atoms in total. The van der Waals surface area contributed by atoms with E-state index in [-0.39, 0.29) is 16.5 Å². The van der Waals surface area contributed by atoms with Crippen LogP contribution in [0.2, 0.25) is 5.15 Å². The number of carboxylic acids is 1. The molecule has 0 unspecified atom stereocenters. The molecule has 0 spiro atoms. The SMILES string of the molecule is Cc1cc(F)ccc1-n1nc(C(C)(C)C)c(C(=O)O)c1Cl. The molecule has 0 amide bonds. The summed E-state index contributed by atoms with van der Waals surface area (Å²) in [5, 5.41) is 13.7. The first kappa shape index (κ1) is 15.5. The highest BCUT2D eigenvalue weighted by molar-refractivity contribution is 6.33. The number of carbonyl (C=O) groups is 1. The van der Waals surface area contributed by atoms with Crippen molar-refractivity contribution >= 4 is 17.6 Å². The number of halogens is 2. The van der Waals surface area contributed by atoms with Crippen LogP contribution >= 0.6 is 11.6 Å². The van der Waals surface area contributed by atoms with E-state index < -0.39 is 11.4 Å². The number of aromatic nitrogens is 2. The number of carboxylic acid groups (broad SMARTS) is 1. The van der Waals surface area contributed by atoms with Crippen molar-refractivity contribution in [3.8, 4) is 5.69 Å². The summed E-state index contributed by atoms with van der Waals surface area (Å²) in [4.78, 5) is 11.5. The van der Waals surface area contributed by atoms with E-state index in [0.29, 0.717) is 16.9 Å². The van der Waals surface area contributed by atoms with Crippen molar-refractivity contribution in [1.29, 1.82) is 0 Å². The van der Waals surface area contributed by atoms with Crippen LogP contribution in [0.25, 0.3) is 5.69 Å². The van der Waals surface area contributed by atoms with Gasteiger partial charge in [-0.2, -0.15) is 5.10 Å². The number of hydrogen-bond acceptors (Lipinski definition) is 2. The molecule has 0 saturated carbocycles. The lowest BCUT2D eigenvalue weighted by Gasteiger charge is -2.15. The minimum absolute atomic E-state index is 0.0159. The van der Waals surface area contributed by atoms with Crippen LogP contribution in [0, 0.1) is 12.7 Å². The zero-order chi connectivity index (χ0) is 15.9. The van der Waals surface area contributed by atoms with Crippen molar-refractivity contribution in [2.24, 2.45) is 0 Å². The van der Waals surface area contributed by atoms with Crippen molar-refractivity contribution in [3.63, 3.8) is 0 Å². The van der Waals surface area contributed by atoms with Gasteiger partial charge in [-0.05, 0) is 30.7 Å². The molecule has 1 aromatic heterocycles. The molecule has 1 aromatic carbocycles. The van der Waals surface area contributed by atoms with Gasteiger partial charge in [0.25, 0.3) is 0 Å². The Labute approximate surface area is 127 Å². The molecule has 0 radical (unpaired) electrons. The normalized spacial score (nSPS) is 11.7. The van der Waals surface area contributed by atoms with E-state index in [0.717, 1.165) is 0 Å². The molecule has 0 saturated heterocycles. The highest BCUT2D eigenvalue weighted by atomic mass is 35.5. The van der Waals surface area contributed by atoms with Crippen LogP contribution < -0.4 is 0 Å². The Balaban J connectivity index is 2.74. The zero-order valence-electron chi connectivity index (χ0n) is 12.2. The summed E-state index contributed by atoms with van der Waals surface area (Å²) in [7, 11) is 0. The lowest BCUT2D eigenvalue weighted by Crippen LogP contribution is -2.16. The van der Waals surface area contributed by atoms with Crippen LogP contribution in [0.3, 0.4) is 0 Å². The fourth-order valence-electron chi connectivity index (χ4n) is 2.13. The maximum atomic E-state index is 13.2. The molecule has 112 valence electrons. The summed E-state index contributed by atoms with van der Waals surface area (Å²) >= 11 is 6.20. The number of aryl methyl sites for hydroxylation is 1. The molecule has 0 aliphatic rings. The fourth-order valence-corrected chi connectivity index (χ4v) is 2.43. The summed E-state index contributed by atoms with van der Waals surface area (Å²) in [5.41, 5.74) is 1.07. The van der Waals surface area contributed by atoms with Crippen molar-refractivity contribution in [2.75, 3.05) is 0 Å². The Morgan fingerprint density at radius 1 is 1.38 bits per heavy atom. The van der Waals surface area contributed by atoms with E-state index in [1.165, 1.54) is 22.9 Å². The van der Waals surface area contributed by atoms with E-state index in [4.69, 9.17) is 11.6 Å². The van der Waals surface area contributed by atoms with E-state index in [1.54, 1.807) is 6.92 Å². The van der Waals surface area contributed by atoms with Crippen LogP contribution in [0.4, 0.5) is 4.39 Å². The first-order valence-electron chi connectivity index (χ1n) is 6.41. The van der Waals surface area contributed by atoms with Gasteiger partial charge in [-0.15, -0.1) is 0 Å². The second kappa shape index (κ2) is 5.15. The van der Waals surface area contributed by atoms with Crippen molar-refractivity contribution in [3.05, 3.63) is 46.0 Å². The Morgan fingerprint density at radius 2 is 2.00 bits per heavy atom. The first-order chi connectivity index (χ1) is 9.62. The Hall–Kier alpha value is -1.88. The minimum Gasteiger partial charge on any atom is -0.478 e. The Kier molecular flexibility index (Phi) is 3.80. The van der Waals surface area contributed by atoms with Crippen molar-refractivity contribution in [2.45, 2.75) is 33.1 Å². The monoisotopic (exact) mass is 310 g/mol. The van der Waals surface area contributed by atoms with Gasteiger partial charge in [-0.3, -0.25) is 0 Å². The van der Waals surface area contributed by atoms with Gasteiger partial charge < -0.3 is 5.11 Å². The molecular formula is C15H16ClFN2O2. The molecule has 0 bridgehead atoms. The van der Waals surface area contributed by atoms with E-state index >= 15 is 0 Å². The third-order valence-electron chi connectivity index (χ3n) is 3.14. The smallest absolute Gasteiger partial charge is 0.340 e. The Morgan fingerprint density at radius 3 is 2.43 bits per heavy atom. The highest BCUT2D eigenvalue weighted by Crippen LogP contribution is 2.32. The average Bonchev–Trinajstić information content (AvgIpc) is 2.67. The fraction of sp³-hybridized carbons (Fsp3) is 0.333. The largest absolute Gasteiger partial charge is 0.478 e. The summed E-state index contributed by atoms with van der Waals surface area (Å²) in [5.74, 6) is -1.50. The summed E-state index contributed by atoms with van der Waals surface area (Å²) in [6, 6.07) is 4.17. The molecular weight excluding hydrogens is 295 g/mol. The molecule has 6 heteroatoms. The van der Waals surface area contributed by atoms with Crippen molar-refractivity contribution in [1.82, 2.24) is 9.78 Å². The van der Waals surface area contributed by atoms with Gasteiger partial charge in [0.1, 0.15) is 16.5 Å². The third kappa shape index (κ3) is 2.78. The van der Waals surface area contributed by atoms with Crippen LogP contribution in [0.15, 0.2) is 18.2 Å². The van der Waals surface area contributed by atoms with E-state index in [9.17, 15) is 14.3 Å². The topological polar surface area (TPSA) is 55.1 Å². The first-order valence-corrected chi connectivity index (χ1v) is 6.79. The van der Waals surface area contributed by atoms with E-state index in [1.807, 2.05) is 20.8 Å². The maximum Gasteiger partial charge on any atom is 0.340 e. The van der Waals surface area contributed by atoms with Gasteiger partial charge >= 0.3 is 5.97 Å². The number of aromatic carboxylic acids is 1. The van der Waals surface area contributed by atoms with Crippen LogP contribution in [0.5, 0.6) is 0 Å². The molecule has 0 atom stereocenters. The highest BCUT2D eigenvalue weighted by Gasteiger charge is 2.30. The number of benzene rings is 1. The quantitative estimate of drug-likeness (QED) is 0.913. The van der Waals surface area contributed by atoms with Crippen LogP contribution in [0.1, 0.15) is 42.4 Å². The minimum atomic E-state index is -1.13. The molecule has 0 fully saturated rings. The predicted molar refractivity (Wildman–Crippen MR) is 78.9 cm³/mol. The van der Waals surface area contributed by atoms with Gasteiger partial charge in [-0.1, -0.05) is 32.4 Å². The van der Waals surface area contributed by atoms with Gasteiger partial charge in [-0.25, -0.2) is 13.9 Å². The molecule has 2 aromatic rings. The summed E-state index contributed by atoms with van der Waals surface area (Å²) in [6.07, 6.45) is 0. The predicted octanol–water partition coefficient (Wildman–Crippen LogP) is 3.97. The van der Waals surface area contributed by atoms with Crippen LogP contribution in [-0.2, 0) is 5.41 Å². The molecule has 0 aliphatic carbocycles. The molecule has 21 heavy (non-hydrogen) atoms.